The maximum absolute atomic E-state index is 6.31. The highest BCUT2D eigenvalue weighted by molar-refractivity contribution is 6.19. The molecule has 0 amide bonds. The molecular weight excluding hydrogens is 635 g/mol. The number of aromatic nitrogens is 3. The van der Waals surface area contributed by atoms with Crippen LogP contribution in [0.2, 0.25) is 0 Å². The van der Waals surface area contributed by atoms with Crippen LogP contribution in [0.4, 0.5) is 0 Å². The first kappa shape index (κ1) is 27.7. The first-order valence-electron chi connectivity index (χ1n) is 17.7. The molecule has 8 aromatic carbocycles. The van der Waals surface area contributed by atoms with Crippen molar-refractivity contribution in [3.63, 3.8) is 0 Å². The predicted molar refractivity (Wildman–Crippen MR) is 214 cm³/mol. The van der Waals surface area contributed by atoms with Gasteiger partial charge in [-0.05, 0) is 87.6 Å². The van der Waals surface area contributed by atoms with Crippen LogP contribution in [0.15, 0.2) is 168 Å². The van der Waals surface area contributed by atoms with Gasteiger partial charge < -0.3 is 8.98 Å². The Morgan fingerprint density at radius 3 is 2.10 bits per heavy atom. The van der Waals surface area contributed by atoms with Crippen molar-refractivity contribution >= 4 is 65.4 Å². The van der Waals surface area contributed by atoms with Gasteiger partial charge in [-0.15, -0.1) is 0 Å². The fourth-order valence-corrected chi connectivity index (χ4v) is 8.60. The summed E-state index contributed by atoms with van der Waals surface area (Å²) in [5.74, 6) is 0.733. The van der Waals surface area contributed by atoms with E-state index in [0.717, 1.165) is 66.8 Å². The first-order chi connectivity index (χ1) is 25.8. The number of nitrogens with zero attached hydrogens (tertiary/aromatic N) is 3. The molecule has 0 spiro atoms. The van der Waals surface area contributed by atoms with Crippen LogP contribution in [-0.4, -0.2) is 14.5 Å². The van der Waals surface area contributed by atoms with Crippen LogP contribution in [0, 0.1) is 0 Å². The third-order valence-electron chi connectivity index (χ3n) is 10.9. The third kappa shape index (κ3) is 3.81. The fraction of sp³-hybridized carbons (Fsp3) is 0. The molecule has 4 nitrogen and oxygen atoms in total. The second kappa shape index (κ2) is 10.3. The average Bonchev–Trinajstić information content (AvgIpc) is 3.86. The van der Waals surface area contributed by atoms with E-state index in [1.165, 1.54) is 49.2 Å². The molecule has 0 saturated carbocycles. The van der Waals surface area contributed by atoms with Gasteiger partial charge in [-0.1, -0.05) is 109 Å². The molecule has 0 aliphatic heterocycles. The molecule has 3 aromatic heterocycles. The minimum Gasteiger partial charge on any atom is -0.456 e. The van der Waals surface area contributed by atoms with Crippen LogP contribution < -0.4 is 0 Å². The molecule has 1 aliphatic carbocycles. The van der Waals surface area contributed by atoms with Crippen molar-refractivity contribution < 1.29 is 4.42 Å². The molecule has 0 fully saturated rings. The van der Waals surface area contributed by atoms with Gasteiger partial charge in [0.1, 0.15) is 11.2 Å². The van der Waals surface area contributed by atoms with E-state index in [-0.39, 0.29) is 0 Å². The molecule has 52 heavy (non-hydrogen) atoms. The van der Waals surface area contributed by atoms with E-state index < -0.39 is 0 Å². The van der Waals surface area contributed by atoms with Crippen molar-refractivity contribution in [3.05, 3.63) is 164 Å². The Balaban J connectivity index is 1.02. The minimum atomic E-state index is 0.733. The maximum atomic E-state index is 6.31. The van der Waals surface area contributed by atoms with Gasteiger partial charge in [0.2, 0.25) is 0 Å². The van der Waals surface area contributed by atoms with Crippen LogP contribution in [0.5, 0.6) is 0 Å². The van der Waals surface area contributed by atoms with Gasteiger partial charge >= 0.3 is 0 Å². The van der Waals surface area contributed by atoms with Gasteiger partial charge in [0.15, 0.2) is 5.82 Å². The number of furan rings is 1. The minimum absolute atomic E-state index is 0.733. The average molecular weight is 662 g/mol. The van der Waals surface area contributed by atoms with E-state index in [1.807, 2.05) is 0 Å². The number of para-hydroxylation sites is 1. The van der Waals surface area contributed by atoms with E-state index in [4.69, 9.17) is 14.4 Å². The monoisotopic (exact) mass is 661 g/mol. The number of fused-ring (bicyclic) bond motifs is 11. The first-order valence-corrected chi connectivity index (χ1v) is 17.7. The SMILES string of the molecule is c1cc(-c2nc3c4c(cccc4n2)-c2ccccc2-3)cc(-n2c3ccccc3c3cc(-c4ccc5oc6ccc7ccccc7c6c5c4)ccc32)c1. The molecular formula is C48H27N3O. The van der Waals surface area contributed by atoms with E-state index >= 15 is 0 Å². The lowest BCUT2D eigenvalue weighted by molar-refractivity contribution is 0.669. The summed E-state index contributed by atoms with van der Waals surface area (Å²) < 4.78 is 8.68. The quantitative estimate of drug-likeness (QED) is 0.189. The summed E-state index contributed by atoms with van der Waals surface area (Å²) in [7, 11) is 0. The smallest absolute Gasteiger partial charge is 0.160 e. The number of benzene rings is 8. The highest BCUT2D eigenvalue weighted by Crippen LogP contribution is 2.46. The van der Waals surface area contributed by atoms with E-state index in [2.05, 4.69) is 168 Å². The summed E-state index contributed by atoms with van der Waals surface area (Å²) in [6.45, 7) is 0. The molecule has 12 rings (SSSR count). The van der Waals surface area contributed by atoms with Gasteiger partial charge in [0, 0.05) is 43.7 Å². The molecule has 0 saturated heterocycles. The normalized spacial score (nSPS) is 12.2. The summed E-state index contributed by atoms with van der Waals surface area (Å²) in [5.41, 5.74) is 14.1. The molecule has 4 heteroatoms. The zero-order valence-electron chi connectivity index (χ0n) is 27.8. The van der Waals surface area contributed by atoms with Crippen molar-refractivity contribution in [1.82, 2.24) is 14.5 Å². The standard InChI is InChI=1S/C48H27N3O/c1-2-12-33-28(9-1)20-24-44-45(33)39-27-30(21-23-43(39)52-44)29-19-22-42-38(26-29)35-14-5-6-18-41(35)51(42)32-11-7-10-31(25-32)48-49-40-17-8-16-36-34-13-3-4-15-37(34)47(50-48)46(36)40/h1-27H. The third-order valence-corrected chi connectivity index (χ3v) is 10.9. The van der Waals surface area contributed by atoms with Crippen molar-refractivity contribution in [2.45, 2.75) is 0 Å². The van der Waals surface area contributed by atoms with Gasteiger partial charge in [-0.25, -0.2) is 9.97 Å². The van der Waals surface area contributed by atoms with Gasteiger partial charge in [0.05, 0.1) is 22.2 Å². The highest BCUT2D eigenvalue weighted by Gasteiger charge is 2.24. The molecule has 0 bridgehead atoms. The lowest BCUT2D eigenvalue weighted by atomic mass is 9.99. The van der Waals surface area contributed by atoms with Gasteiger partial charge in [0.25, 0.3) is 0 Å². The van der Waals surface area contributed by atoms with Crippen molar-refractivity contribution in [1.29, 1.82) is 0 Å². The summed E-state index contributed by atoms with van der Waals surface area (Å²) in [5, 5.41) is 8.29. The zero-order chi connectivity index (χ0) is 33.9. The summed E-state index contributed by atoms with van der Waals surface area (Å²) >= 11 is 0. The molecule has 0 N–H and O–H groups in total. The summed E-state index contributed by atoms with van der Waals surface area (Å²) in [6, 6.07) is 58.4. The molecule has 1 aliphatic rings. The second-order valence-corrected chi connectivity index (χ2v) is 13.7. The Morgan fingerprint density at radius 1 is 0.423 bits per heavy atom. The van der Waals surface area contributed by atoms with E-state index in [0.29, 0.717) is 0 Å². The molecule has 240 valence electrons. The van der Waals surface area contributed by atoms with E-state index in [9.17, 15) is 0 Å². The topological polar surface area (TPSA) is 43.9 Å². The predicted octanol–water partition coefficient (Wildman–Crippen LogP) is 12.8. The van der Waals surface area contributed by atoms with Crippen LogP contribution >= 0.6 is 0 Å². The number of hydrogen-bond donors (Lipinski definition) is 0. The Kier molecular flexibility index (Phi) is 5.47. The van der Waals surface area contributed by atoms with Gasteiger partial charge in [-0.2, -0.15) is 0 Å². The Bertz CT molecular complexity index is 3310. The summed E-state index contributed by atoms with van der Waals surface area (Å²) in [6.07, 6.45) is 0. The van der Waals surface area contributed by atoms with Crippen LogP contribution in [0.3, 0.4) is 0 Å². The van der Waals surface area contributed by atoms with Crippen molar-refractivity contribution in [3.8, 4) is 50.6 Å². The molecule has 3 heterocycles. The fourth-order valence-electron chi connectivity index (χ4n) is 8.60. The Labute approximate surface area is 297 Å². The zero-order valence-corrected chi connectivity index (χ0v) is 27.8. The van der Waals surface area contributed by atoms with E-state index in [1.54, 1.807) is 0 Å². The lowest BCUT2D eigenvalue weighted by Gasteiger charge is -2.11. The number of hydrogen-bond acceptors (Lipinski definition) is 3. The largest absolute Gasteiger partial charge is 0.456 e. The summed E-state index contributed by atoms with van der Waals surface area (Å²) in [4.78, 5) is 10.3. The van der Waals surface area contributed by atoms with Gasteiger partial charge in [-0.3, -0.25) is 0 Å². The number of rotatable bonds is 3. The maximum Gasteiger partial charge on any atom is 0.160 e. The lowest BCUT2D eigenvalue weighted by Crippen LogP contribution is -1.97. The highest BCUT2D eigenvalue weighted by atomic mass is 16.3. The molecule has 0 radical (unpaired) electrons. The van der Waals surface area contributed by atoms with Crippen molar-refractivity contribution in [2.75, 3.05) is 0 Å². The van der Waals surface area contributed by atoms with Crippen molar-refractivity contribution in [2.24, 2.45) is 0 Å². The Hall–Kier alpha value is -7.04. The molecule has 11 aromatic rings. The molecule has 0 atom stereocenters. The Morgan fingerprint density at radius 2 is 1.15 bits per heavy atom. The van der Waals surface area contributed by atoms with Crippen LogP contribution in [0.25, 0.3) is 116 Å². The van der Waals surface area contributed by atoms with Crippen LogP contribution in [0.1, 0.15) is 0 Å². The molecule has 0 unspecified atom stereocenters. The van der Waals surface area contributed by atoms with Crippen LogP contribution in [-0.2, 0) is 0 Å². The second-order valence-electron chi connectivity index (χ2n) is 13.7.